The number of hydrogen-bond donors (Lipinski definition) is 1. The molecule has 1 fully saturated rings. The predicted molar refractivity (Wildman–Crippen MR) is 111 cm³/mol. The van der Waals surface area contributed by atoms with Gasteiger partial charge in [0, 0.05) is 24.4 Å². The standard InChI is InChI=1S/C22H29N3O5/c1-6-21(4,5)23-17(26)13-30-20(29)22-12-11-18(27)25(22)16-10-8-7-9-15(16)19(28)24(22)14(2)3/h7-10,14H,6,11-13H2,1-5H3,(H,23,26)/t22-/m1/s1. The predicted octanol–water partition coefficient (Wildman–Crippen LogP) is 2.22. The van der Waals surface area contributed by atoms with Crippen LogP contribution in [-0.2, 0) is 19.1 Å². The van der Waals surface area contributed by atoms with E-state index >= 15 is 0 Å². The molecule has 2 aliphatic heterocycles. The van der Waals surface area contributed by atoms with Gasteiger partial charge in [-0.2, -0.15) is 0 Å². The number of fused-ring (bicyclic) bond motifs is 3. The molecule has 3 rings (SSSR count). The van der Waals surface area contributed by atoms with Gasteiger partial charge < -0.3 is 15.0 Å². The van der Waals surface area contributed by atoms with Crippen molar-refractivity contribution in [1.82, 2.24) is 10.2 Å². The van der Waals surface area contributed by atoms with E-state index in [0.717, 1.165) is 0 Å². The Bertz CT molecular complexity index is 895. The first-order valence-electron chi connectivity index (χ1n) is 10.3. The van der Waals surface area contributed by atoms with Crippen LogP contribution >= 0.6 is 0 Å². The van der Waals surface area contributed by atoms with E-state index in [1.165, 1.54) is 9.80 Å². The van der Waals surface area contributed by atoms with Gasteiger partial charge in [0.2, 0.25) is 11.6 Å². The highest BCUT2D eigenvalue weighted by atomic mass is 16.5. The Morgan fingerprint density at radius 1 is 1.23 bits per heavy atom. The molecule has 162 valence electrons. The third-order valence-electron chi connectivity index (χ3n) is 5.84. The second kappa shape index (κ2) is 7.74. The van der Waals surface area contributed by atoms with Crippen LogP contribution in [0.25, 0.3) is 0 Å². The SMILES string of the molecule is CCC(C)(C)NC(=O)COC(=O)[C@@]12CCC(=O)N1c1ccccc1C(=O)N2C(C)C. The lowest BCUT2D eigenvalue weighted by Gasteiger charge is -2.50. The number of esters is 1. The molecule has 30 heavy (non-hydrogen) atoms. The second-order valence-electron chi connectivity index (χ2n) is 8.69. The second-order valence-corrected chi connectivity index (χ2v) is 8.69. The van der Waals surface area contributed by atoms with Gasteiger partial charge in [-0.05, 0) is 46.2 Å². The summed E-state index contributed by atoms with van der Waals surface area (Å²) in [6.07, 6.45) is 0.936. The Balaban J connectivity index is 1.96. The summed E-state index contributed by atoms with van der Waals surface area (Å²) in [6, 6.07) is 6.39. The van der Waals surface area contributed by atoms with E-state index in [4.69, 9.17) is 4.74 Å². The largest absolute Gasteiger partial charge is 0.452 e. The lowest BCUT2D eigenvalue weighted by molar-refractivity contribution is -0.161. The quantitative estimate of drug-likeness (QED) is 0.719. The van der Waals surface area contributed by atoms with Gasteiger partial charge in [0.25, 0.3) is 11.8 Å². The number of nitrogens with one attached hydrogen (secondary N) is 1. The number of amides is 3. The van der Waals surface area contributed by atoms with E-state index in [9.17, 15) is 19.2 Å². The minimum Gasteiger partial charge on any atom is -0.452 e. The number of nitrogens with zero attached hydrogens (tertiary/aromatic N) is 2. The van der Waals surface area contributed by atoms with Crippen molar-refractivity contribution in [3.63, 3.8) is 0 Å². The summed E-state index contributed by atoms with van der Waals surface area (Å²) in [5.41, 5.74) is -1.25. The van der Waals surface area contributed by atoms with Crippen molar-refractivity contribution in [2.45, 2.75) is 71.1 Å². The molecule has 0 saturated carbocycles. The van der Waals surface area contributed by atoms with Crippen LogP contribution in [-0.4, -0.2) is 52.4 Å². The topological polar surface area (TPSA) is 96.0 Å². The van der Waals surface area contributed by atoms with Crippen LogP contribution in [0.15, 0.2) is 24.3 Å². The maximum Gasteiger partial charge on any atom is 0.354 e. The first-order chi connectivity index (χ1) is 14.0. The molecule has 8 nitrogen and oxygen atoms in total. The Morgan fingerprint density at radius 2 is 1.90 bits per heavy atom. The summed E-state index contributed by atoms with van der Waals surface area (Å²) in [5, 5.41) is 2.81. The molecule has 0 aliphatic carbocycles. The van der Waals surface area contributed by atoms with Crippen molar-refractivity contribution in [1.29, 1.82) is 0 Å². The monoisotopic (exact) mass is 415 g/mol. The number of hydrogen-bond acceptors (Lipinski definition) is 5. The van der Waals surface area contributed by atoms with Gasteiger partial charge in [0.05, 0.1) is 11.3 Å². The highest BCUT2D eigenvalue weighted by Gasteiger charge is 2.62. The number of anilines is 1. The summed E-state index contributed by atoms with van der Waals surface area (Å²) >= 11 is 0. The molecule has 0 unspecified atom stereocenters. The molecule has 2 aliphatic rings. The lowest BCUT2D eigenvalue weighted by Crippen LogP contribution is -2.70. The lowest BCUT2D eigenvalue weighted by atomic mass is 9.95. The van der Waals surface area contributed by atoms with Crippen LogP contribution in [0.5, 0.6) is 0 Å². The van der Waals surface area contributed by atoms with Gasteiger partial charge in [-0.3, -0.25) is 19.3 Å². The highest BCUT2D eigenvalue weighted by molar-refractivity contribution is 6.15. The van der Waals surface area contributed by atoms with E-state index < -0.39 is 29.7 Å². The molecule has 0 bridgehead atoms. The van der Waals surface area contributed by atoms with Crippen molar-refractivity contribution < 1.29 is 23.9 Å². The Kier molecular flexibility index (Phi) is 5.62. The normalized spacial score (nSPS) is 20.9. The molecule has 2 heterocycles. The van der Waals surface area contributed by atoms with Crippen LogP contribution in [0.3, 0.4) is 0 Å². The van der Waals surface area contributed by atoms with Crippen molar-refractivity contribution in [3.8, 4) is 0 Å². The third kappa shape index (κ3) is 3.44. The molecule has 1 N–H and O–H groups in total. The number of ether oxygens (including phenoxy) is 1. The van der Waals surface area contributed by atoms with Crippen molar-refractivity contribution >= 4 is 29.4 Å². The van der Waals surface area contributed by atoms with Crippen LogP contribution < -0.4 is 10.2 Å². The van der Waals surface area contributed by atoms with Crippen molar-refractivity contribution in [2.24, 2.45) is 0 Å². The molecule has 1 saturated heterocycles. The Hall–Kier alpha value is -2.90. The molecule has 1 aromatic carbocycles. The van der Waals surface area contributed by atoms with Gasteiger partial charge in [0.15, 0.2) is 6.61 Å². The summed E-state index contributed by atoms with van der Waals surface area (Å²) in [4.78, 5) is 54.5. The van der Waals surface area contributed by atoms with Crippen LogP contribution in [0.2, 0.25) is 0 Å². The molecule has 0 radical (unpaired) electrons. The zero-order valence-corrected chi connectivity index (χ0v) is 18.2. The van der Waals surface area contributed by atoms with E-state index in [-0.39, 0.29) is 30.7 Å². The van der Waals surface area contributed by atoms with Crippen LogP contribution in [0, 0.1) is 0 Å². The summed E-state index contributed by atoms with van der Waals surface area (Å²) in [6.45, 7) is 8.79. The van der Waals surface area contributed by atoms with Gasteiger partial charge in [-0.1, -0.05) is 19.1 Å². The van der Waals surface area contributed by atoms with Crippen molar-refractivity contribution in [3.05, 3.63) is 29.8 Å². The summed E-state index contributed by atoms with van der Waals surface area (Å²) in [5.74, 6) is -1.79. The minimum absolute atomic E-state index is 0.106. The fourth-order valence-electron chi connectivity index (χ4n) is 4.12. The first-order valence-corrected chi connectivity index (χ1v) is 10.3. The average Bonchev–Trinajstić information content (AvgIpc) is 3.04. The number of para-hydroxylation sites is 1. The number of carbonyl (C=O) groups is 4. The molecule has 8 heteroatoms. The Labute approximate surface area is 176 Å². The molecule has 3 amide bonds. The van der Waals surface area contributed by atoms with Gasteiger partial charge >= 0.3 is 5.97 Å². The molecule has 1 atom stereocenters. The van der Waals surface area contributed by atoms with E-state index in [1.54, 1.807) is 38.1 Å². The van der Waals surface area contributed by atoms with Crippen LogP contribution in [0.4, 0.5) is 5.69 Å². The first kappa shape index (κ1) is 21.8. The van der Waals surface area contributed by atoms with E-state index in [1.807, 2.05) is 20.8 Å². The van der Waals surface area contributed by atoms with Gasteiger partial charge in [0.1, 0.15) is 0 Å². The Morgan fingerprint density at radius 3 is 2.53 bits per heavy atom. The highest BCUT2D eigenvalue weighted by Crippen LogP contribution is 2.45. The summed E-state index contributed by atoms with van der Waals surface area (Å²) < 4.78 is 5.39. The molecule has 0 spiro atoms. The molecule has 0 aromatic heterocycles. The van der Waals surface area contributed by atoms with E-state index in [0.29, 0.717) is 17.7 Å². The zero-order chi connectivity index (χ0) is 22.3. The van der Waals surface area contributed by atoms with Gasteiger partial charge in [-0.25, -0.2) is 4.79 Å². The third-order valence-corrected chi connectivity index (χ3v) is 5.84. The molecular weight excluding hydrogens is 386 g/mol. The van der Waals surface area contributed by atoms with Gasteiger partial charge in [-0.15, -0.1) is 0 Å². The molecule has 1 aromatic rings. The fourth-order valence-corrected chi connectivity index (χ4v) is 4.12. The number of carbonyl (C=O) groups excluding carboxylic acids is 4. The number of benzene rings is 1. The molecular formula is C22H29N3O5. The van der Waals surface area contributed by atoms with Crippen LogP contribution in [0.1, 0.15) is 64.2 Å². The zero-order valence-electron chi connectivity index (χ0n) is 18.2. The number of rotatable bonds is 6. The fraction of sp³-hybridized carbons (Fsp3) is 0.545. The maximum atomic E-state index is 13.4. The van der Waals surface area contributed by atoms with E-state index in [2.05, 4.69) is 5.32 Å². The minimum atomic E-state index is -1.59. The summed E-state index contributed by atoms with van der Waals surface area (Å²) in [7, 11) is 0. The smallest absolute Gasteiger partial charge is 0.354 e. The average molecular weight is 415 g/mol. The maximum absolute atomic E-state index is 13.4. The van der Waals surface area contributed by atoms with Crippen molar-refractivity contribution in [2.75, 3.05) is 11.5 Å².